The van der Waals surface area contributed by atoms with Crippen LogP contribution in [0.4, 0.5) is 5.82 Å². The second-order valence-electron chi connectivity index (χ2n) is 7.86. The van der Waals surface area contributed by atoms with Crippen molar-refractivity contribution in [1.82, 2.24) is 19.6 Å². The Morgan fingerprint density at radius 1 is 1.25 bits per heavy atom. The molecule has 1 atom stereocenters. The van der Waals surface area contributed by atoms with Crippen LogP contribution >= 0.6 is 23.2 Å². The van der Waals surface area contributed by atoms with Crippen LogP contribution < -0.4 is 5.32 Å². The Labute approximate surface area is 172 Å². The zero-order valence-electron chi connectivity index (χ0n) is 15.9. The molecular weight excluding hydrogens is 401 g/mol. The lowest BCUT2D eigenvalue weighted by molar-refractivity contribution is 0.0535. The predicted octanol–water partition coefficient (Wildman–Crippen LogP) is 4.62. The van der Waals surface area contributed by atoms with Gasteiger partial charge in [-0.25, -0.2) is 4.79 Å². The van der Waals surface area contributed by atoms with Crippen molar-refractivity contribution >= 4 is 40.8 Å². The number of aromatic nitrogens is 4. The highest BCUT2D eigenvalue weighted by molar-refractivity contribution is 6.37. The summed E-state index contributed by atoms with van der Waals surface area (Å²) in [5.74, 6) is 0.647. The number of fused-ring (bicyclic) bond motifs is 2. The molecule has 2 aromatic heterocycles. The Hall–Kier alpha value is -2.38. The van der Waals surface area contributed by atoms with Crippen LogP contribution in [0.1, 0.15) is 43.6 Å². The molecule has 0 saturated carbocycles. The lowest BCUT2D eigenvalue weighted by atomic mass is 9.88. The summed E-state index contributed by atoms with van der Waals surface area (Å²) in [6.07, 6.45) is 1.42. The third-order valence-electron chi connectivity index (χ3n) is 5.12. The van der Waals surface area contributed by atoms with E-state index in [1.807, 2.05) is 0 Å². The average Bonchev–Trinajstić information content (AvgIpc) is 3.22. The molecule has 3 heterocycles. The summed E-state index contributed by atoms with van der Waals surface area (Å²) < 4.78 is 6.71. The Morgan fingerprint density at radius 3 is 2.68 bits per heavy atom. The second-order valence-corrected chi connectivity index (χ2v) is 8.60. The lowest BCUT2D eigenvalue weighted by Gasteiger charge is -2.30. The van der Waals surface area contributed by atoms with Crippen molar-refractivity contribution in [3.8, 4) is 11.1 Å². The molecule has 9 heteroatoms. The zero-order valence-corrected chi connectivity index (χ0v) is 17.4. The van der Waals surface area contributed by atoms with Crippen molar-refractivity contribution < 1.29 is 9.53 Å². The van der Waals surface area contributed by atoms with E-state index >= 15 is 0 Å². The summed E-state index contributed by atoms with van der Waals surface area (Å²) in [6.45, 7) is 8.63. The first kappa shape index (κ1) is 19.0. The van der Waals surface area contributed by atoms with Crippen LogP contribution in [0.3, 0.4) is 0 Å². The predicted molar refractivity (Wildman–Crippen MR) is 108 cm³/mol. The van der Waals surface area contributed by atoms with E-state index in [1.54, 1.807) is 16.6 Å². The van der Waals surface area contributed by atoms with Gasteiger partial charge >= 0.3 is 5.97 Å². The molecule has 1 aliphatic rings. The van der Waals surface area contributed by atoms with E-state index < -0.39 is 0 Å². The van der Waals surface area contributed by atoms with E-state index in [-0.39, 0.29) is 29.2 Å². The molecule has 0 radical (unpaired) electrons. The average molecular weight is 420 g/mol. The lowest BCUT2D eigenvalue weighted by Crippen LogP contribution is -2.32. The molecule has 1 aliphatic heterocycles. The van der Waals surface area contributed by atoms with Gasteiger partial charge in [-0.3, -0.25) is 0 Å². The van der Waals surface area contributed by atoms with Crippen molar-refractivity contribution in [3.63, 3.8) is 0 Å². The van der Waals surface area contributed by atoms with Crippen LogP contribution in [-0.4, -0.2) is 31.6 Å². The number of ether oxygens (including phenoxy) is 1. The normalized spacial score (nSPS) is 14.9. The van der Waals surface area contributed by atoms with Gasteiger partial charge in [0.1, 0.15) is 23.9 Å². The van der Waals surface area contributed by atoms with Crippen molar-refractivity contribution in [2.75, 3.05) is 5.32 Å². The van der Waals surface area contributed by atoms with Gasteiger partial charge in [0.05, 0.1) is 16.1 Å². The van der Waals surface area contributed by atoms with Crippen molar-refractivity contribution in [2.45, 2.75) is 40.3 Å². The number of benzene rings is 1. The fraction of sp³-hybridized carbons (Fsp3) is 0.368. The number of hydrogen-bond acceptors (Lipinski definition) is 6. The van der Waals surface area contributed by atoms with Crippen LogP contribution in [0.25, 0.3) is 16.9 Å². The molecule has 7 nitrogen and oxygen atoms in total. The number of nitrogens with one attached hydrogen (secondary N) is 1. The SMILES string of the molecule is C[C@@H](Nc1c(-c2ccc3c(c2Cl)COC3=O)c(Cl)nc2ncnn12)C(C)(C)C. The van der Waals surface area contributed by atoms with Gasteiger partial charge in [0.25, 0.3) is 5.78 Å². The summed E-state index contributed by atoms with van der Waals surface area (Å²) in [5.41, 5.74) is 2.34. The van der Waals surface area contributed by atoms with Crippen LogP contribution in [0.15, 0.2) is 18.5 Å². The van der Waals surface area contributed by atoms with Gasteiger partial charge in [0.2, 0.25) is 0 Å². The van der Waals surface area contributed by atoms with Crippen LogP contribution in [0, 0.1) is 5.41 Å². The van der Waals surface area contributed by atoms with Gasteiger partial charge in [-0.15, -0.1) is 0 Å². The summed E-state index contributed by atoms with van der Waals surface area (Å²) in [4.78, 5) is 20.3. The standard InChI is InChI=1S/C19H19Cl2N5O2/c1-9(19(2,3)4)24-16-13(15(21)25-18-22-8-23-26(16)18)11-6-5-10-12(14(11)20)7-28-17(10)27/h5-6,8-9,24H,7H2,1-4H3/t9-/m1/s1. The minimum Gasteiger partial charge on any atom is -0.457 e. The van der Waals surface area contributed by atoms with Crippen LogP contribution in [0.2, 0.25) is 10.2 Å². The number of nitrogens with zero attached hydrogens (tertiary/aromatic N) is 4. The molecule has 1 aromatic carbocycles. The number of cyclic esters (lactones) is 1. The first-order valence-corrected chi connectivity index (χ1v) is 9.58. The maximum absolute atomic E-state index is 11.8. The van der Waals surface area contributed by atoms with E-state index in [9.17, 15) is 4.79 Å². The number of carbonyl (C=O) groups is 1. The van der Waals surface area contributed by atoms with Gasteiger partial charge in [0.15, 0.2) is 0 Å². The van der Waals surface area contributed by atoms with Crippen LogP contribution in [-0.2, 0) is 11.3 Å². The van der Waals surface area contributed by atoms with E-state index in [4.69, 9.17) is 27.9 Å². The fourth-order valence-electron chi connectivity index (χ4n) is 2.97. The summed E-state index contributed by atoms with van der Waals surface area (Å²) in [6, 6.07) is 3.53. The quantitative estimate of drug-likeness (QED) is 0.492. The number of carbonyl (C=O) groups excluding carboxylic acids is 1. The third-order valence-corrected chi connectivity index (χ3v) is 5.82. The minimum absolute atomic E-state index is 0.0259. The number of rotatable bonds is 3. The largest absolute Gasteiger partial charge is 0.457 e. The smallest absolute Gasteiger partial charge is 0.338 e. The molecule has 0 aliphatic carbocycles. The van der Waals surface area contributed by atoms with E-state index in [2.05, 4.69) is 48.1 Å². The summed E-state index contributed by atoms with van der Waals surface area (Å²) in [5, 5.41) is 8.46. The molecule has 28 heavy (non-hydrogen) atoms. The van der Waals surface area contributed by atoms with Gasteiger partial charge in [0, 0.05) is 17.2 Å². The highest BCUT2D eigenvalue weighted by Crippen LogP contribution is 2.42. The molecule has 1 N–H and O–H groups in total. The number of hydrogen-bond donors (Lipinski definition) is 1. The van der Waals surface area contributed by atoms with Gasteiger partial charge in [-0.1, -0.05) is 50.0 Å². The highest BCUT2D eigenvalue weighted by atomic mass is 35.5. The number of anilines is 1. The van der Waals surface area contributed by atoms with Crippen LogP contribution in [0.5, 0.6) is 0 Å². The van der Waals surface area contributed by atoms with Crippen molar-refractivity contribution in [1.29, 1.82) is 0 Å². The molecule has 0 bridgehead atoms. The van der Waals surface area contributed by atoms with Crippen molar-refractivity contribution in [2.24, 2.45) is 5.41 Å². The Bertz CT molecular complexity index is 1100. The van der Waals surface area contributed by atoms with Crippen molar-refractivity contribution in [3.05, 3.63) is 39.8 Å². The number of halogens is 2. The van der Waals surface area contributed by atoms with E-state index in [1.165, 1.54) is 6.33 Å². The molecule has 146 valence electrons. The van der Waals surface area contributed by atoms with E-state index in [0.717, 1.165) is 0 Å². The molecule has 0 amide bonds. The molecule has 0 fully saturated rings. The zero-order chi connectivity index (χ0) is 20.2. The molecule has 3 aromatic rings. The number of esters is 1. The molecule has 0 unspecified atom stereocenters. The summed E-state index contributed by atoms with van der Waals surface area (Å²) >= 11 is 13.2. The monoisotopic (exact) mass is 419 g/mol. The molecule has 0 saturated heterocycles. The Kier molecular flexibility index (Phi) is 4.47. The first-order chi connectivity index (χ1) is 13.2. The second kappa shape index (κ2) is 6.60. The first-order valence-electron chi connectivity index (χ1n) is 8.83. The summed E-state index contributed by atoms with van der Waals surface area (Å²) in [7, 11) is 0. The molecule has 0 spiro atoms. The maximum Gasteiger partial charge on any atom is 0.338 e. The molecule has 4 rings (SSSR count). The highest BCUT2D eigenvalue weighted by Gasteiger charge is 2.29. The topological polar surface area (TPSA) is 81.4 Å². The van der Waals surface area contributed by atoms with Gasteiger partial charge in [-0.05, 0) is 18.4 Å². The van der Waals surface area contributed by atoms with Gasteiger partial charge < -0.3 is 10.1 Å². The maximum atomic E-state index is 11.8. The Balaban J connectivity index is 1.96. The van der Waals surface area contributed by atoms with E-state index in [0.29, 0.717) is 38.9 Å². The van der Waals surface area contributed by atoms with Gasteiger partial charge in [-0.2, -0.15) is 19.6 Å². The minimum atomic E-state index is -0.376. The Morgan fingerprint density at radius 2 is 1.96 bits per heavy atom. The fourth-order valence-corrected chi connectivity index (χ4v) is 3.55. The molecular formula is C19H19Cl2N5O2. The third kappa shape index (κ3) is 2.99.